The van der Waals surface area contributed by atoms with E-state index in [9.17, 15) is 13.6 Å². The van der Waals surface area contributed by atoms with E-state index < -0.39 is 11.6 Å². The lowest BCUT2D eigenvalue weighted by Crippen LogP contribution is -2.28. The molecule has 1 fully saturated rings. The molecule has 7 heteroatoms. The summed E-state index contributed by atoms with van der Waals surface area (Å²) >= 11 is 0. The molecule has 1 atom stereocenters. The van der Waals surface area contributed by atoms with Crippen molar-refractivity contribution in [2.45, 2.75) is 12.8 Å². The molecular weight excluding hydrogens is 364 g/mol. The van der Waals surface area contributed by atoms with Crippen LogP contribution in [0.5, 0.6) is 5.75 Å². The minimum absolute atomic E-state index is 0.127. The van der Waals surface area contributed by atoms with Crippen LogP contribution in [0.3, 0.4) is 0 Å². The summed E-state index contributed by atoms with van der Waals surface area (Å²) in [6, 6.07) is 9.39. The molecule has 0 radical (unpaired) electrons. The highest BCUT2D eigenvalue weighted by Crippen LogP contribution is 2.32. The molecular formula is C21H19F2N3O2. The van der Waals surface area contributed by atoms with E-state index in [-0.39, 0.29) is 23.3 Å². The maximum absolute atomic E-state index is 14.7. The van der Waals surface area contributed by atoms with E-state index in [2.05, 4.69) is 10.2 Å². The molecule has 2 aromatic carbocycles. The van der Waals surface area contributed by atoms with Gasteiger partial charge in [-0.05, 0) is 48.2 Å². The molecule has 5 nitrogen and oxygen atoms in total. The fourth-order valence-corrected chi connectivity index (χ4v) is 3.60. The van der Waals surface area contributed by atoms with Crippen LogP contribution in [0.25, 0.3) is 11.1 Å². The Morgan fingerprint density at radius 2 is 2.04 bits per heavy atom. The summed E-state index contributed by atoms with van der Waals surface area (Å²) < 4.78 is 33.3. The number of rotatable bonds is 5. The van der Waals surface area contributed by atoms with E-state index in [0.29, 0.717) is 24.9 Å². The minimum atomic E-state index is -0.448. The number of benzene rings is 2. The first-order valence-electron chi connectivity index (χ1n) is 8.99. The summed E-state index contributed by atoms with van der Waals surface area (Å²) in [4.78, 5) is 14.3. The van der Waals surface area contributed by atoms with Crippen molar-refractivity contribution >= 4 is 11.6 Å². The van der Waals surface area contributed by atoms with Crippen LogP contribution >= 0.6 is 0 Å². The molecule has 2 heterocycles. The van der Waals surface area contributed by atoms with Gasteiger partial charge >= 0.3 is 0 Å². The lowest BCUT2D eigenvalue weighted by atomic mass is 9.98. The Labute approximate surface area is 160 Å². The maximum Gasteiger partial charge on any atom is 0.230 e. The van der Waals surface area contributed by atoms with Crippen molar-refractivity contribution in [3.05, 3.63) is 66.0 Å². The Bertz CT molecular complexity index is 1000. The standard InChI is InChI=1S/C21H19F2N3O2/c1-28-20-9-13(2-4-17(20)22)8-15-6-7-26(21(15)27)19-5-3-14(10-18(19)23)16-11-24-25-12-16/h2-5,9-12,15H,6-8H2,1H3,(H,24,25). The molecule has 1 unspecified atom stereocenters. The molecule has 28 heavy (non-hydrogen) atoms. The van der Waals surface area contributed by atoms with Gasteiger partial charge in [0.25, 0.3) is 0 Å². The van der Waals surface area contributed by atoms with Crippen LogP contribution in [0.2, 0.25) is 0 Å². The van der Waals surface area contributed by atoms with Gasteiger partial charge in [0.1, 0.15) is 5.82 Å². The number of methoxy groups -OCH3 is 1. The zero-order chi connectivity index (χ0) is 19.7. The Morgan fingerprint density at radius 1 is 1.18 bits per heavy atom. The van der Waals surface area contributed by atoms with Crippen molar-refractivity contribution in [2.24, 2.45) is 5.92 Å². The Balaban J connectivity index is 1.51. The summed E-state index contributed by atoms with van der Waals surface area (Å²) in [7, 11) is 1.40. The number of nitrogens with one attached hydrogen (secondary N) is 1. The highest BCUT2D eigenvalue weighted by atomic mass is 19.1. The van der Waals surface area contributed by atoms with Crippen LogP contribution in [-0.4, -0.2) is 29.8 Å². The molecule has 3 aromatic rings. The maximum atomic E-state index is 14.7. The quantitative estimate of drug-likeness (QED) is 0.726. The smallest absolute Gasteiger partial charge is 0.230 e. The molecule has 0 spiro atoms. The number of hydrogen-bond donors (Lipinski definition) is 1. The third-order valence-corrected chi connectivity index (χ3v) is 5.08. The molecule has 1 aromatic heterocycles. The van der Waals surface area contributed by atoms with Crippen molar-refractivity contribution in [2.75, 3.05) is 18.6 Å². The van der Waals surface area contributed by atoms with Gasteiger partial charge in [0, 0.05) is 24.2 Å². The number of hydrogen-bond acceptors (Lipinski definition) is 3. The van der Waals surface area contributed by atoms with Gasteiger partial charge in [0.2, 0.25) is 5.91 Å². The van der Waals surface area contributed by atoms with Crippen LogP contribution in [0.1, 0.15) is 12.0 Å². The normalized spacial score (nSPS) is 16.6. The topological polar surface area (TPSA) is 58.2 Å². The molecule has 1 amide bonds. The molecule has 0 saturated carbocycles. The number of nitrogens with zero attached hydrogens (tertiary/aromatic N) is 2. The zero-order valence-electron chi connectivity index (χ0n) is 15.3. The number of carbonyl (C=O) groups excluding carboxylic acids is 1. The van der Waals surface area contributed by atoms with Gasteiger partial charge in [0.15, 0.2) is 11.6 Å². The van der Waals surface area contributed by atoms with Gasteiger partial charge in [0.05, 0.1) is 19.0 Å². The third-order valence-electron chi connectivity index (χ3n) is 5.08. The van der Waals surface area contributed by atoms with Gasteiger partial charge in [-0.1, -0.05) is 12.1 Å². The predicted octanol–water partition coefficient (Wildman–Crippen LogP) is 3.96. The van der Waals surface area contributed by atoms with Crippen molar-refractivity contribution in [1.29, 1.82) is 0 Å². The highest BCUT2D eigenvalue weighted by Gasteiger charge is 2.34. The molecule has 1 saturated heterocycles. The fraction of sp³-hybridized carbons (Fsp3) is 0.238. The number of ether oxygens (including phenoxy) is 1. The monoisotopic (exact) mass is 383 g/mol. The second-order valence-corrected chi connectivity index (χ2v) is 6.80. The van der Waals surface area contributed by atoms with E-state index in [1.54, 1.807) is 36.7 Å². The van der Waals surface area contributed by atoms with Gasteiger partial charge < -0.3 is 9.64 Å². The number of carbonyl (C=O) groups is 1. The predicted molar refractivity (Wildman–Crippen MR) is 101 cm³/mol. The largest absolute Gasteiger partial charge is 0.494 e. The van der Waals surface area contributed by atoms with Gasteiger partial charge in [-0.3, -0.25) is 9.89 Å². The van der Waals surface area contributed by atoms with Gasteiger partial charge in [-0.25, -0.2) is 8.78 Å². The zero-order valence-corrected chi connectivity index (χ0v) is 15.3. The number of anilines is 1. The number of aromatic nitrogens is 2. The first-order chi connectivity index (χ1) is 13.6. The molecule has 0 bridgehead atoms. The van der Waals surface area contributed by atoms with Crippen molar-refractivity contribution in [1.82, 2.24) is 10.2 Å². The first kappa shape index (κ1) is 18.2. The molecule has 1 N–H and O–H groups in total. The SMILES string of the molecule is COc1cc(CC2CCN(c3ccc(-c4cn[nH]c4)cc3F)C2=O)ccc1F. The lowest BCUT2D eigenvalue weighted by Gasteiger charge is -2.18. The van der Waals surface area contributed by atoms with E-state index in [1.165, 1.54) is 24.1 Å². The minimum Gasteiger partial charge on any atom is -0.494 e. The summed E-state index contributed by atoms with van der Waals surface area (Å²) in [6.45, 7) is 0.448. The fourth-order valence-electron chi connectivity index (χ4n) is 3.60. The van der Waals surface area contributed by atoms with E-state index in [0.717, 1.165) is 11.1 Å². The Hall–Kier alpha value is -3.22. The van der Waals surface area contributed by atoms with Crippen molar-refractivity contribution < 1.29 is 18.3 Å². The van der Waals surface area contributed by atoms with Crippen molar-refractivity contribution in [3.8, 4) is 16.9 Å². The van der Waals surface area contributed by atoms with Crippen molar-refractivity contribution in [3.63, 3.8) is 0 Å². The number of H-pyrrole nitrogens is 1. The second kappa shape index (κ2) is 7.42. The molecule has 1 aliphatic heterocycles. The van der Waals surface area contributed by atoms with Crippen LogP contribution in [0.4, 0.5) is 14.5 Å². The summed E-state index contributed by atoms with van der Waals surface area (Å²) in [5.74, 6) is -1.14. The number of aromatic amines is 1. The molecule has 0 aliphatic carbocycles. The third kappa shape index (κ3) is 3.35. The van der Waals surface area contributed by atoms with Gasteiger partial charge in [-0.2, -0.15) is 5.10 Å². The molecule has 1 aliphatic rings. The number of halogens is 2. The summed E-state index contributed by atoms with van der Waals surface area (Å²) in [5, 5.41) is 6.56. The molecule has 4 rings (SSSR count). The Morgan fingerprint density at radius 3 is 2.75 bits per heavy atom. The second-order valence-electron chi connectivity index (χ2n) is 6.80. The van der Waals surface area contributed by atoms with Gasteiger partial charge in [-0.15, -0.1) is 0 Å². The lowest BCUT2D eigenvalue weighted by molar-refractivity contribution is -0.120. The summed E-state index contributed by atoms with van der Waals surface area (Å²) in [6.07, 6.45) is 4.37. The van der Waals surface area contributed by atoms with E-state index >= 15 is 0 Å². The average molecular weight is 383 g/mol. The van der Waals surface area contributed by atoms with Crippen LogP contribution in [-0.2, 0) is 11.2 Å². The molecule has 144 valence electrons. The van der Waals surface area contributed by atoms with Crippen LogP contribution in [0, 0.1) is 17.6 Å². The van der Waals surface area contributed by atoms with Crippen LogP contribution < -0.4 is 9.64 Å². The Kier molecular flexibility index (Phi) is 4.81. The van der Waals surface area contributed by atoms with E-state index in [1.807, 2.05) is 0 Å². The van der Waals surface area contributed by atoms with E-state index in [4.69, 9.17) is 4.74 Å². The average Bonchev–Trinajstić information content (AvgIpc) is 3.34. The van der Waals surface area contributed by atoms with Crippen LogP contribution in [0.15, 0.2) is 48.8 Å². The first-order valence-corrected chi connectivity index (χ1v) is 8.99. The highest BCUT2D eigenvalue weighted by molar-refractivity contribution is 5.97. The number of amides is 1. The summed E-state index contributed by atoms with van der Waals surface area (Å²) in [5.41, 5.74) is 2.56.